The molecule has 0 unspecified atom stereocenters. The van der Waals surface area contributed by atoms with Gasteiger partial charge < -0.3 is 9.73 Å². The van der Waals surface area contributed by atoms with Crippen LogP contribution in [0.3, 0.4) is 0 Å². The minimum Gasteiger partial charge on any atom is -0.436 e. The molecule has 1 N–H and O–H groups in total. The zero-order valence-electron chi connectivity index (χ0n) is 14.3. The Kier molecular flexibility index (Phi) is 4.49. The van der Waals surface area contributed by atoms with Gasteiger partial charge in [-0.3, -0.25) is 4.79 Å². The summed E-state index contributed by atoms with van der Waals surface area (Å²) in [6, 6.07) is 16.5. The monoisotopic (exact) mass is 424 g/mol. The number of carbonyl (C=O) groups is 1. The van der Waals surface area contributed by atoms with E-state index >= 15 is 0 Å². The first-order valence-corrected chi connectivity index (χ1v) is 9.03. The molecule has 4 rings (SSSR count). The number of amides is 1. The van der Waals surface area contributed by atoms with Gasteiger partial charge in [0.05, 0.1) is 0 Å². The van der Waals surface area contributed by atoms with E-state index in [1.54, 1.807) is 18.2 Å². The van der Waals surface area contributed by atoms with Crippen LogP contribution in [0.25, 0.3) is 22.6 Å². The number of anilines is 1. The molecule has 0 aliphatic carbocycles. The predicted octanol–water partition coefficient (Wildman–Crippen LogP) is 5.96. The highest BCUT2D eigenvalue weighted by Gasteiger charge is 2.12. The van der Waals surface area contributed by atoms with Crippen LogP contribution in [0.15, 0.2) is 69.6 Å². The molecule has 3 aromatic carbocycles. The molecule has 4 nitrogen and oxygen atoms in total. The second-order valence-corrected chi connectivity index (χ2v) is 6.98. The van der Waals surface area contributed by atoms with Gasteiger partial charge in [0.1, 0.15) is 11.3 Å². The number of hydrogen-bond acceptors (Lipinski definition) is 3. The third kappa shape index (κ3) is 3.61. The number of nitrogens with one attached hydrogen (secondary N) is 1. The number of aromatic nitrogens is 1. The van der Waals surface area contributed by atoms with Crippen molar-refractivity contribution in [2.45, 2.75) is 6.92 Å². The summed E-state index contributed by atoms with van der Waals surface area (Å²) in [4.78, 5) is 16.8. The highest BCUT2D eigenvalue weighted by atomic mass is 79.9. The second-order valence-electron chi connectivity index (χ2n) is 6.13. The fourth-order valence-electron chi connectivity index (χ4n) is 2.66. The largest absolute Gasteiger partial charge is 0.436 e. The first-order valence-electron chi connectivity index (χ1n) is 8.23. The average Bonchev–Trinajstić information content (AvgIpc) is 3.08. The van der Waals surface area contributed by atoms with Crippen LogP contribution in [0, 0.1) is 12.7 Å². The topological polar surface area (TPSA) is 55.1 Å². The van der Waals surface area contributed by atoms with Gasteiger partial charge in [-0.25, -0.2) is 9.37 Å². The molecule has 4 aromatic rings. The maximum Gasteiger partial charge on any atom is 0.255 e. The van der Waals surface area contributed by atoms with Gasteiger partial charge >= 0.3 is 0 Å². The van der Waals surface area contributed by atoms with Crippen LogP contribution < -0.4 is 5.32 Å². The highest BCUT2D eigenvalue weighted by Crippen LogP contribution is 2.29. The summed E-state index contributed by atoms with van der Waals surface area (Å²) in [5.41, 5.74) is 4.21. The maximum absolute atomic E-state index is 13.0. The highest BCUT2D eigenvalue weighted by molar-refractivity contribution is 9.10. The molecule has 0 fully saturated rings. The summed E-state index contributed by atoms with van der Waals surface area (Å²) in [7, 11) is 0. The number of hydrogen-bond donors (Lipinski definition) is 1. The van der Waals surface area contributed by atoms with E-state index in [2.05, 4.69) is 26.2 Å². The Morgan fingerprint density at radius 3 is 2.59 bits per heavy atom. The smallest absolute Gasteiger partial charge is 0.255 e. The third-order valence-corrected chi connectivity index (χ3v) is 5.02. The van der Waals surface area contributed by atoms with Crippen LogP contribution in [0.4, 0.5) is 10.1 Å². The van der Waals surface area contributed by atoms with Crippen LogP contribution in [0.5, 0.6) is 0 Å². The Morgan fingerprint density at radius 2 is 1.85 bits per heavy atom. The van der Waals surface area contributed by atoms with E-state index in [4.69, 9.17) is 4.42 Å². The molecule has 0 aliphatic heterocycles. The van der Waals surface area contributed by atoms with Gasteiger partial charge in [0.2, 0.25) is 5.89 Å². The molecule has 134 valence electrons. The van der Waals surface area contributed by atoms with E-state index in [-0.39, 0.29) is 11.7 Å². The number of aryl methyl sites for hydroxylation is 1. The van der Waals surface area contributed by atoms with E-state index in [1.807, 2.05) is 25.1 Å². The van der Waals surface area contributed by atoms with E-state index in [1.165, 1.54) is 24.3 Å². The van der Waals surface area contributed by atoms with Crippen molar-refractivity contribution in [1.29, 1.82) is 0 Å². The fraction of sp³-hybridized carbons (Fsp3) is 0.0476. The lowest BCUT2D eigenvalue weighted by Gasteiger charge is -2.04. The zero-order valence-corrected chi connectivity index (χ0v) is 15.9. The normalized spacial score (nSPS) is 10.9. The van der Waals surface area contributed by atoms with E-state index < -0.39 is 0 Å². The van der Waals surface area contributed by atoms with Crippen molar-refractivity contribution in [2.24, 2.45) is 0 Å². The minimum atomic E-state index is -0.383. The van der Waals surface area contributed by atoms with Gasteiger partial charge in [-0.1, -0.05) is 22.0 Å². The van der Waals surface area contributed by atoms with E-state index in [0.717, 1.165) is 15.6 Å². The quantitative estimate of drug-likeness (QED) is 0.441. The number of halogens is 2. The number of oxazole rings is 1. The first-order chi connectivity index (χ1) is 13.0. The molecule has 0 spiro atoms. The fourth-order valence-corrected chi connectivity index (χ4v) is 3.04. The number of rotatable bonds is 3. The molecule has 1 aromatic heterocycles. The summed E-state index contributed by atoms with van der Waals surface area (Å²) in [5.74, 6) is -0.195. The molecule has 0 atom stereocenters. The van der Waals surface area contributed by atoms with E-state index in [9.17, 15) is 9.18 Å². The van der Waals surface area contributed by atoms with Crippen LogP contribution in [0.2, 0.25) is 0 Å². The van der Waals surface area contributed by atoms with Gasteiger partial charge in [0.25, 0.3) is 5.91 Å². The van der Waals surface area contributed by atoms with Gasteiger partial charge in [0, 0.05) is 21.3 Å². The average molecular weight is 425 g/mol. The Morgan fingerprint density at radius 1 is 1.07 bits per heavy atom. The first kappa shape index (κ1) is 17.4. The second kappa shape index (κ2) is 6.96. The molecule has 1 heterocycles. The van der Waals surface area contributed by atoms with Crippen molar-refractivity contribution in [3.05, 3.63) is 82.1 Å². The van der Waals surface area contributed by atoms with Crippen molar-refractivity contribution in [2.75, 3.05) is 5.32 Å². The number of benzene rings is 3. The lowest BCUT2D eigenvalue weighted by Crippen LogP contribution is -2.11. The molecular formula is C21H14BrFN2O2. The molecule has 0 saturated heterocycles. The van der Waals surface area contributed by atoms with Crippen LogP contribution >= 0.6 is 15.9 Å². The van der Waals surface area contributed by atoms with Crippen molar-refractivity contribution < 1.29 is 13.6 Å². The molecule has 0 bridgehead atoms. The summed E-state index contributed by atoms with van der Waals surface area (Å²) >= 11 is 3.51. The molecule has 1 amide bonds. The third-order valence-electron chi connectivity index (χ3n) is 4.17. The zero-order chi connectivity index (χ0) is 19.0. The molecule has 27 heavy (non-hydrogen) atoms. The van der Waals surface area contributed by atoms with E-state index in [0.29, 0.717) is 28.2 Å². The minimum absolute atomic E-state index is 0.319. The van der Waals surface area contributed by atoms with Crippen molar-refractivity contribution >= 4 is 38.6 Å². The molecule has 0 radical (unpaired) electrons. The van der Waals surface area contributed by atoms with Gasteiger partial charge in [-0.15, -0.1) is 0 Å². The summed E-state index contributed by atoms with van der Waals surface area (Å²) in [6.07, 6.45) is 0. The summed E-state index contributed by atoms with van der Waals surface area (Å²) in [5, 5.41) is 2.78. The van der Waals surface area contributed by atoms with Gasteiger partial charge in [-0.2, -0.15) is 0 Å². The SMILES string of the molecule is Cc1ccc(-c2nc3cc(NC(=O)c4ccc(F)cc4)ccc3o2)cc1Br. The van der Waals surface area contributed by atoms with Crippen LogP contribution in [-0.2, 0) is 0 Å². The van der Waals surface area contributed by atoms with Crippen LogP contribution in [-0.4, -0.2) is 10.9 Å². The van der Waals surface area contributed by atoms with Crippen molar-refractivity contribution in [3.63, 3.8) is 0 Å². The lowest BCUT2D eigenvalue weighted by molar-refractivity contribution is 0.102. The Bertz CT molecular complexity index is 1150. The molecule has 0 saturated carbocycles. The molecule has 0 aliphatic rings. The van der Waals surface area contributed by atoms with Gasteiger partial charge in [-0.05, 0) is 67.1 Å². The Labute approximate surface area is 163 Å². The lowest BCUT2D eigenvalue weighted by atomic mass is 10.1. The van der Waals surface area contributed by atoms with Crippen LogP contribution in [0.1, 0.15) is 15.9 Å². The standard InChI is InChI=1S/C21H14BrFN2O2/c1-12-2-3-14(10-17(12)22)21-25-18-11-16(8-9-19(18)27-21)24-20(26)13-4-6-15(23)7-5-13/h2-11H,1H3,(H,24,26). The summed E-state index contributed by atoms with van der Waals surface area (Å²) < 4.78 is 19.8. The number of nitrogens with zero attached hydrogens (tertiary/aromatic N) is 1. The summed E-state index contributed by atoms with van der Waals surface area (Å²) in [6.45, 7) is 2.01. The van der Waals surface area contributed by atoms with Gasteiger partial charge in [0.15, 0.2) is 5.58 Å². The van der Waals surface area contributed by atoms with Crippen molar-refractivity contribution in [1.82, 2.24) is 4.98 Å². The predicted molar refractivity (Wildman–Crippen MR) is 106 cm³/mol. The molecule has 6 heteroatoms. The Hall–Kier alpha value is -2.99. The Balaban J connectivity index is 1.61. The number of carbonyl (C=O) groups excluding carboxylic acids is 1. The molecular weight excluding hydrogens is 411 g/mol. The maximum atomic E-state index is 13.0. The van der Waals surface area contributed by atoms with Crippen molar-refractivity contribution in [3.8, 4) is 11.5 Å². The number of fused-ring (bicyclic) bond motifs is 1.